The lowest BCUT2D eigenvalue weighted by atomic mass is 9.45. The highest BCUT2D eigenvalue weighted by Gasteiger charge is 2.54. The van der Waals surface area contributed by atoms with Gasteiger partial charge in [-0.15, -0.1) is 0 Å². The lowest BCUT2D eigenvalue weighted by molar-refractivity contribution is -0.0888. The zero-order chi connectivity index (χ0) is 15.3. The molecule has 3 rings (SSSR count). The topological polar surface area (TPSA) is 20.2 Å². The monoisotopic (exact) mass is 290 g/mol. The lowest BCUT2D eigenvalue weighted by Crippen LogP contribution is -2.52. The van der Waals surface area contributed by atoms with E-state index in [1.807, 2.05) is 0 Å². The number of allylic oxidation sites excluding steroid dienone is 2. The molecule has 0 aromatic rings. The van der Waals surface area contributed by atoms with Crippen LogP contribution in [0.4, 0.5) is 0 Å². The number of aliphatic hydroxyl groups excluding tert-OH is 1. The van der Waals surface area contributed by atoms with Gasteiger partial charge in [0.05, 0.1) is 0 Å². The molecule has 0 amide bonds. The average Bonchev–Trinajstić information content (AvgIpc) is 2.46. The highest BCUT2D eigenvalue weighted by molar-refractivity contribution is 5.22. The van der Waals surface area contributed by atoms with E-state index in [0.29, 0.717) is 12.0 Å². The van der Waals surface area contributed by atoms with Gasteiger partial charge in [0.25, 0.3) is 0 Å². The fraction of sp³-hybridized carbons (Fsp3) is 0.900. The van der Waals surface area contributed by atoms with E-state index in [1.165, 1.54) is 44.9 Å². The van der Waals surface area contributed by atoms with Crippen molar-refractivity contribution in [1.29, 1.82) is 0 Å². The van der Waals surface area contributed by atoms with Crippen LogP contribution >= 0.6 is 0 Å². The number of fused-ring (bicyclic) bond motifs is 3. The van der Waals surface area contributed by atoms with Gasteiger partial charge in [0.2, 0.25) is 0 Å². The largest absolute Gasteiger partial charge is 0.396 e. The van der Waals surface area contributed by atoms with E-state index in [2.05, 4.69) is 33.8 Å². The third-order valence-electron chi connectivity index (χ3n) is 7.50. The van der Waals surface area contributed by atoms with Crippen LogP contribution in [0.3, 0.4) is 0 Å². The molecule has 0 spiro atoms. The summed E-state index contributed by atoms with van der Waals surface area (Å²) in [4.78, 5) is 0. The van der Waals surface area contributed by atoms with Crippen molar-refractivity contribution in [3.05, 3.63) is 11.6 Å². The van der Waals surface area contributed by atoms with E-state index in [1.54, 1.807) is 5.57 Å². The number of rotatable bonds is 2. The standard InChI is InChI=1S/C20H34O/c1-14(2)15-6-8-17-16(12-15)7-9-18-19(3,13-21)10-5-11-20(17,18)4/h12,14-15,17-18,21H,5-11,13H2,1-4H3/t15-,17+,18+,19-,20+/m0/s1. The predicted molar refractivity (Wildman–Crippen MR) is 89.0 cm³/mol. The Morgan fingerprint density at radius 1 is 1.19 bits per heavy atom. The number of hydrogen-bond donors (Lipinski definition) is 1. The van der Waals surface area contributed by atoms with E-state index in [-0.39, 0.29) is 5.41 Å². The molecule has 1 nitrogen and oxygen atoms in total. The van der Waals surface area contributed by atoms with Gasteiger partial charge >= 0.3 is 0 Å². The first kappa shape index (κ1) is 15.6. The smallest absolute Gasteiger partial charge is 0.0487 e. The second kappa shape index (κ2) is 5.41. The normalized spacial score (nSPS) is 46.8. The molecular weight excluding hydrogens is 256 g/mol. The summed E-state index contributed by atoms with van der Waals surface area (Å²) >= 11 is 0. The fourth-order valence-electron chi connectivity index (χ4n) is 6.17. The highest BCUT2D eigenvalue weighted by atomic mass is 16.3. The molecule has 0 heterocycles. The molecule has 21 heavy (non-hydrogen) atoms. The van der Waals surface area contributed by atoms with E-state index in [0.717, 1.165) is 23.7 Å². The van der Waals surface area contributed by atoms with E-state index >= 15 is 0 Å². The Kier molecular flexibility index (Phi) is 4.01. The van der Waals surface area contributed by atoms with Gasteiger partial charge in [-0.05, 0) is 73.0 Å². The van der Waals surface area contributed by atoms with Crippen LogP contribution in [-0.2, 0) is 0 Å². The maximum Gasteiger partial charge on any atom is 0.0487 e. The van der Waals surface area contributed by atoms with Crippen LogP contribution in [0.5, 0.6) is 0 Å². The molecule has 0 radical (unpaired) electrons. The quantitative estimate of drug-likeness (QED) is 0.694. The average molecular weight is 290 g/mol. The van der Waals surface area contributed by atoms with Gasteiger partial charge in [-0.2, -0.15) is 0 Å². The fourth-order valence-corrected chi connectivity index (χ4v) is 6.17. The van der Waals surface area contributed by atoms with Gasteiger partial charge in [-0.3, -0.25) is 0 Å². The van der Waals surface area contributed by atoms with Crippen LogP contribution in [0.25, 0.3) is 0 Å². The van der Waals surface area contributed by atoms with E-state index in [4.69, 9.17) is 0 Å². The van der Waals surface area contributed by atoms with Crippen molar-refractivity contribution in [2.45, 2.75) is 72.6 Å². The van der Waals surface area contributed by atoms with Crippen molar-refractivity contribution in [2.24, 2.45) is 34.5 Å². The molecule has 3 aliphatic rings. The molecule has 0 aliphatic heterocycles. The van der Waals surface area contributed by atoms with Crippen molar-refractivity contribution < 1.29 is 5.11 Å². The first-order valence-electron chi connectivity index (χ1n) is 9.22. The van der Waals surface area contributed by atoms with Crippen LogP contribution in [0.1, 0.15) is 72.6 Å². The summed E-state index contributed by atoms with van der Waals surface area (Å²) in [6, 6.07) is 0. The van der Waals surface area contributed by atoms with Crippen LogP contribution in [0.2, 0.25) is 0 Å². The van der Waals surface area contributed by atoms with Gasteiger partial charge in [0.1, 0.15) is 0 Å². The molecular formula is C20H34O. The van der Waals surface area contributed by atoms with Crippen LogP contribution in [0.15, 0.2) is 11.6 Å². The Hall–Kier alpha value is -0.300. The van der Waals surface area contributed by atoms with Crippen molar-refractivity contribution in [3.63, 3.8) is 0 Å². The molecule has 3 aliphatic carbocycles. The molecule has 0 unspecified atom stereocenters. The van der Waals surface area contributed by atoms with Crippen molar-refractivity contribution in [2.75, 3.05) is 6.61 Å². The van der Waals surface area contributed by atoms with Gasteiger partial charge in [-0.25, -0.2) is 0 Å². The van der Waals surface area contributed by atoms with Crippen LogP contribution in [0, 0.1) is 34.5 Å². The summed E-state index contributed by atoms with van der Waals surface area (Å²) in [5, 5.41) is 10.00. The third-order valence-corrected chi connectivity index (χ3v) is 7.50. The Labute approximate surface area is 131 Å². The first-order valence-corrected chi connectivity index (χ1v) is 9.22. The van der Waals surface area contributed by atoms with Crippen molar-refractivity contribution in [3.8, 4) is 0 Å². The molecule has 2 fully saturated rings. The van der Waals surface area contributed by atoms with E-state index in [9.17, 15) is 5.11 Å². The molecule has 2 saturated carbocycles. The second-order valence-corrected chi connectivity index (χ2v) is 9.04. The Bertz CT molecular complexity index is 424. The van der Waals surface area contributed by atoms with E-state index < -0.39 is 0 Å². The minimum absolute atomic E-state index is 0.174. The number of aliphatic hydroxyl groups is 1. The Balaban J connectivity index is 1.91. The molecule has 0 aromatic heterocycles. The maximum absolute atomic E-state index is 10.00. The summed E-state index contributed by atoms with van der Waals surface area (Å²) in [7, 11) is 0. The summed E-state index contributed by atoms with van der Waals surface area (Å²) in [5.41, 5.74) is 2.40. The van der Waals surface area contributed by atoms with Crippen LogP contribution in [-0.4, -0.2) is 11.7 Å². The molecule has 5 atom stereocenters. The highest BCUT2D eigenvalue weighted by Crippen LogP contribution is 2.63. The number of hydrogen-bond acceptors (Lipinski definition) is 1. The SMILES string of the molecule is CC(C)[C@@H]1C=C2CC[C@@H]3[C@](C)(CO)CCC[C@]3(C)[C@@H]2CC1. The summed E-state index contributed by atoms with van der Waals surface area (Å²) < 4.78 is 0. The van der Waals surface area contributed by atoms with Gasteiger partial charge in [0, 0.05) is 6.61 Å². The first-order chi connectivity index (χ1) is 9.90. The molecule has 0 saturated heterocycles. The summed E-state index contributed by atoms with van der Waals surface area (Å²) in [6.45, 7) is 10.0. The zero-order valence-corrected chi connectivity index (χ0v) is 14.5. The minimum atomic E-state index is 0.174. The van der Waals surface area contributed by atoms with Gasteiger partial charge in [-0.1, -0.05) is 45.8 Å². The third kappa shape index (κ3) is 2.40. The van der Waals surface area contributed by atoms with Gasteiger partial charge in [0.15, 0.2) is 0 Å². The molecule has 120 valence electrons. The minimum Gasteiger partial charge on any atom is -0.396 e. The molecule has 1 N–H and O–H groups in total. The second-order valence-electron chi connectivity index (χ2n) is 9.04. The molecule has 1 heteroatoms. The predicted octanol–water partition coefficient (Wildman–Crippen LogP) is 5.19. The van der Waals surface area contributed by atoms with Crippen LogP contribution < -0.4 is 0 Å². The van der Waals surface area contributed by atoms with Crippen molar-refractivity contribution in [1.82, 2.24) is 0 Å². The molecule has 0 aromatic carbocycles. The van der Waals surface area contributed by atoms with Gasteiger partial charge < -0.3 is 5.11 Å². The summed E-state index contributed by atoms with van der Waals surface area (Å²) in [5.74, 6) is 3.13. The Morgan fingerprint density at radius 2 is 1.95 bits per heavy atom. The Morgan fingerprint density at radius 3 is 2.62 bits per heavy atom. The molecule has 0 bridgehead atoms. The maximum atomic E-state index is 10.00. The lowest BCUT2D eigenvalue weighted by Gasteiger charge is -2.59. The summed E-state index contributed by atoms with van der Waals surface area (Å²) in [6.07, 6.45) is 11.9. The van der Waals surface area contributed by atoms with Crippen molar-refractivity contribution >= 4 is 0 Å². The zero-order valence-electron chi connectivity index (χ0n) is 14.5.